The number of hydrogen-bond acceptors (Lipinski definition) is 9. The van der Waals surface area contributed by atoms with Crippen molar-refractivity contribution in [1.29, 1.82) is 0 Å². The summed E-state index contributed by atoms with van der Waals surface area (Å²) in [6.07, 6.45) is 27.3. The van der Waals surface area contributed by atoms with E-state index in [0.29, 0.717) is 37.1 Å². The van der Waals surface area contributed by atoms with E-state index in [0.717, 1.165) is 96.9 Å². The Labute approximate surface area is 647 Å². The molecule has 8 aromatic carbocycles. The van der Waals surface area contributed by atoms with Gasteiger partial charge in [0.2, 0.25) is 0 Å². The van der Waals surface area contributed by atoms with Gasteiger partial charge < -0.3 is 119 Å². The molecule has 8 aromatic rings. The van der Waals surface area contributed by atoms with Gasteiger partial charge in [-0.3, -0.25) is 0 Å². The summed E-state index contributed by atoms with van der Waals surface area (Å²) < 4.78 is 10.2. The molecule has 14 heteroatoms. The molecule has 0 fully saturated rings. The van der Waals surface area contributed by atoms with E-state index in [1.807, 2.05) is 0 Å². The molecule has 520 valence electrons. The normalized spacial score (nSPS) is 10.4. The number of hydrogen-bond donors (Lipinski definition) is 0. The van der Waals surface area contributed by atoms with E-state index in [4.69, 9.17) is 103 Å². The minimum absolute atomic E-state index is 0.489. The monoisotopic (exact) mass is 1540 g/mol. The molecule has 0 amide bonds. The third-order valence-electron chi connectivity index (χ3n) is 17.0. The average Bonchev–Trinajstić information content (AvgIpc) is 0.856. The second kappa shape index (κ2) is 50.1. The molecule has 0 aliphatic rings. The van der Waals surface area contributed by atoms with Crippen LogP contribution in [-0.2, 0) is 125 Å². The third kappa shape index (κ3) is 27.6. The Bertz CT molecular complexity index is 2960. The Morgan fingerprint density at radius 2 is 0.337 bits per heavy atom. The zero-order valence-electron chi connectivity index (χ0n) is 59.3. The molecule has 0 atom stereocenters. The number of anilines is 8. The molecule has 0 saturated carbocycles. The van der Waals surface area contributed by atoms with Crippen LogP contribution in [0.15, 0.2) is 194 Å². The zero-order chi connectivity index (χ0) is 71.5. The summed E-state index contributed by atoms with van der Waals surface area (Å²) in [5.74, 6) is 0. The molecular weight excluding hydrogens is 1430 g/mol. The van der Waals surface area contributed by atoms with E-state index in [1.165, 1.54) is 147 Å². The van der Waals surface area contributed by atoms with Crippen molar-refractivity contribution >= 4 is 162 Å². The predicted molar refractivity (Wildman–Crippen MR) is 450 cm³/mol. The fraction of sp³-hybridized carbons (Fsp3) is 0.381. The zero-order valence-corrected chi connectivity index (χ0v) is 67.9. The maximum atomic E-state index is 8.26. The van der Waals surface area contributed by atoms with Crippen molar-refractivity contribution in [2.45, 2.75) is 209 Å². The van der Waals surface area contributed by atoms with Gasteiger partial charge in [-0.25, -0.2) is 0 Å². The molecule has 0 spiro atoms. The molecule has 0 N–H and O–H groups in total. The van der Waals surface area contributed by atoms with Gasteiger partial charge in [-0.15, -0.1) is 0 Å². The first-order chi connectivity index (χ1) is 47.7. The van der Waals surface area contributed by atoms with Crippen LogP contribution in [0.1, 0.15) is 203 Å². The standard InChI is InChI=1S/4C21H27NS2.Mo.O/c4*1-3-5-11-17-13-7-9-15-19(17)22(21(23)24)20-16-10-8-14-18(20)12-6-4-2;;/h4*7-10,13-16H,3-6,11-12H2,1-2H3,(H,23,24);;/q;;;;+4;/p-4. The van der Waals surface area contributed by atoms with Gasteiger partial charge in [0.1, 0.15) is 0 Å². The summed E-state index contributed by atoms with van der Waals surface area (Å²) in [5, 5.41) is 0. The Balaban J connectivity index is 0.000000275. The quantitative estimate of drug-likeness (QED) is 0.0228. The molecule has 0 aliphatic carbocycles. The second-order valence-corrected chi connectivity index (χ2v) is 28.4. The van der Waals surface area contributed by atoms with Crippen molar-refractivity contribution in [3.8, 4) is 0 Å². The molecule has 5 nitrogen and oxygen atoms in total. The number of benzene rings is 8. The molecule has 0 radical (unpaired) electrons. The van der Waals surface area contributed by atoms with Crippen LogP contribution in [-0.4, -0.2) is 17.3 Å². The molecule has 0 bridgehead atoms. The fourth-order valence-electron chi connectivity index (χ4n) is 11.8. The summed E-state index contributed by atoms with van der Waals surface area (Å²) in [4.78, 5) is 8.34. The van der Waals surface area contributed by atoms with Gasteiger partial charge >= 0.3 is 23.2 Å². The Hall–Kier alpha value is -5.31. The van der Waals surface area contributed by atoms with E-state index in [-0.39, 0.29) is 0 Å². The molecule has 0 unspecified atom stereocenters. The van der Waals surface area contributed by atoms with E-state index in [9.17, 15) is 0 Å². The average molecular weight is 1540 g/mol. The number of unbranched alkanes of at least 4 members (excludes halogenated alkanes) is 8. The molecule has 0 aliphatic heterocycles. The van der Waals surface area contributed by atoms with Gasteiger partial charge in [0.25, 0.3) is 0 Å². The van der Waals surface area contributed by atoms with Gasteiger partial charge in [0.05, 0.1) is 0 Å². The first kappa shape index (κ1) is 85.1. The van der Waals surface area contributed by atoms with Crippen molar-refractivity contribution < 1.29 is 23.2 Å². The van der Waals surface area contributed by atoms with Gasteiger partial charge in [-0.05, 0) is 196 Å². The first-order valence-corrected chi connectivity index (χ1v) is 39.7. The van der Waals surface area contributed by atoms with E-state index < -0.39 is 0 Å². The summed E-state index contributed by atoms with van der Waals surface area (Å²) in [6, 6.07) is 68.0. The van der Waals surface area contributed by atoms with Crippen LogP contribution in [0.2, 0.25) is 0 Å². The summed E-state index contributed by atoms with van der Waals surface area (Å²) >= 11 is 44.4. The Morgan fingerprint density at radius 3 is 0.429 bits per heavy atom. The molecule has 0 aromatic heterocycles. The van der Waals surface area contributed by atoms with Crippen molar-refractivity contribution in [2.24, 2.45) is 0 Å². The van der Waals surface area contributed by atoms with Gasteiger partial charge in [-0.2, -0.15) is 0 Å². The van der Waals surface area contributed by atoms with Gasteiger partial charge in [-0.1, -0.05) is 270 Å². The van der Waals surface area contributed by atoms with Crippen molar-refractivity contribution in [1.82, 2.24) is 0 Å². The van der Waals surface area contributed by atoms with Crippen LogP contribution in [0.25, 0.3) is 0 Å². The SMILES string of the molecule is CCCCc1ccccc1N(C(=S)[S-])c1ccccc1CCCC.CCCCc1ccccc1N(C(=S)[S-])c1ccccc1CCCC.CCCCc1ccccc1N(C(=S)[S-])c1ccccc1CCCC.CCCCc1ccccc1N(C(=S)[S-])c1ccccc1CCCC.[O]=[Mo+4]. The Morgan fingerprint density at radius 1 is 0.235 bits per heavy atom. The topological polar surface area (TPSA) is 30.0 Å². The van der Waals surface area contributed by atoms with Crippen LogP contribution in [0.5, 0.6) is 0 Å². The molecule has 0 heterocycles. The van der Waals surface area contributed by atoms with Crippen molar-refractivity contribution in [2.75, 3.05) is 19.6 Å². The molecular formula is C84H104MoN4OS8. The number of rotatable bonds is 32. The maximum absolute atomic E-state index is 8.26. The summed E-state index contributed by atoms with van der Waals surface area (Å²) in [6.45, 7) is 17.8. The Kier molecular flexibility index (Phi) is 43.5. The fourth-order valence-corrected chi connectivity index (χ4v) is 13.3. The van der Waals surface area contributed by atoms with Gasteiger partial charge in [0.15, 0.2) is 0 Å². The second-order valence-electron chi connectivity index (χ2n) is 24.3. The molecule has 98 heavy (non-hydrogen) atoms. The first-order valence-electron chi connectivity index (χ1n) is 35.6. The summed E-state index contributed by atoms with van der Waals surface area (Å²) in [7, 11) is 0. The number of thiocarbonyl (C=S) groups is 4. The van der Waals surface area contributed by atoms with Crippen LogP contribution < -0.4 is 19.6 Å². The minimum atomic E-state index is 0.489. The third-order valence-corrected chi connectivity index (χ3v) is 18.4. The van der Waals surface area contributed by atoms with Crippen LogP contribution in [0.3, 0.4) is 0 Å². The number of para-hydroxylation sites is 8. The number of aryl methyl sites for hydroxylation is 8. The van der Waals surface area contributed by atoms with E-state index >= 15 is 0 Å². The van der Waals surface area contributed by atoms with Crippen LogP contribution in [0.4, 0.5) is 45.5 Å². The van der Waals surface area contributed by atoms with Gasteiger partial charge in [0, 0.05) is 45.5 Å². The number of nitrogens with zero attached hydrogens (tertiary/aromatic N) is 4. The molecule has 8 rings (SSSR count). The predicted octanol–water partition coefficient (Wildman–Crippen LogP) is 25.2. The van der Waals surface area contributed by atoms with Crippen molar-refractivity contribution in [3.05, 3.63) is 239 Å². The van der Waals surface area contributed by atoms with Crippen LogP contribution in [0, 0.1) is 0 Å². The summed E-state index contributed by atoms with van der Waals surface area (Å²) in [5.41, 5.74) is 19.6. The van der Waals surface area contributed by atoms with Crippen LogP contribution >= 0.6 is 48.9 Å². The van der Waals surface area contributed by atoms with Crippen molar-refractivity contribution in [3.63, 3.8) is 0 Å². The van der Waals surface area contributed by atoms with E-state index in [1.54, 1.807) is 0 Å². The van der Waals surface area contributed by atoms with E-state index in [2.05, 4.69) is 269 Å². The molecule has 0 saturated heterocycles.